The van der Waals surface area contributed by atoms with Crippen molar-refractivity contribution < 1.29 is 5.11 Å². The smallest absolute Gasteiger partial charge is 0.193 e. The van der Waals surface area contributed by atoms with E-state index in [0.29, 0.717) is 12.5 Å². The summed E-state index contributed by atoms with van der Waals surface area (Å²) in [5.41, 5.74) is 9.05. The number of rotatable bonds is 4. The van der Waals surface area contributed by atoms with Crippen molar-refractivity contribution in [2.75, 3.05) is 5.32 Å². The molecule has 0 heterocycles. The Morgan fingerprint density at radius 1 is 1.05 bits per heavy atom. The third-order valence-electron chi connectivity index (χ3n) is 3.00. The number of nitrogens with two attached hydrogens (primary N) is 1. The molecule has 0 fully saturated rings. The molecule has 0 amide bonds. The molecule has 0 radical (unpaired) electrons. The van der Waals surface area contributed by atoms with Gasteiger partial charge in [-0.3, -0.25) is 0 Å². The highest BCUT2D eigenvalue weighted by atomic mass is 16.3. The summed E-state index contributed by atoms with van der Waals surface area (Å²) in [5.74, 6) is 0.627. The molecule has 4 heteroatoms. The Labute approximate surface area is 119 Å². The van der Waals surface area contributed by atoms with E-state index in [0.717, 1.165) is 17.7 Å². The molecule has 0 aliphatic heterocycles. The molecule has 0 unspecified atom stereocenters. The van der Waals surface area contributed by atoms with E-state index < -0.39 is 0 Å². The van der Waals surface area contributed by atoms with Crippen molar-refractivity contribution in [3.05, 3.63) is 59.7 Å². The third kappa shape index (κ3) is 4.02. The Morgan fingerprint density at radius 2 is 1.65 bits per heavy atom. The van der Waals surface area contributed by atoms with Gasteiger partial charge in [-0.25, -0.2) is 4.99 Å². The molecule has 20 heavy (non-hydrogen) atoms. The number of nitrogens with zero attached hydrogens (tertiary/aromatic N) is 1. The number of phenolic OH excluding ortho intramolecular Hbond substituents is 1. The minimum absolute atomic E-state index is 0.250. The standard InChI is InChI=1S/C16H19N3O/c1-2-12-3-7-14(8-4-12)19-16(17)18-11-13-5-9-15(20)10-6-13/h3-10,20H,2,11H2,1H3,(H3,17,18,19). The molecule has 0 aliphatic carbocycles. The number of nitrogens with one attached hydrogen (secondary N) is 1. The van der Waals surface area contributed by atoms with E-state index in [1.54, 1.807) is 12.1 Å². The lowest BCUT2D eigenvalue weighted by Crippen LogP contribution is -2.22. The van der Waals surface area contributed by atoms with Crippen LogP contribution < -0.4 is 11.1 Å². The van der Waals surface area contributed by atoms with Gasteiger partial charge in [0.15, 0.2) is 5.96 Å². The zero-order valence-corrected chi connectivity index (χ0v) is 11.5. The van der Waals surface area contributed by atoms with Crippen LogP contribution >= 0.6 is 0 Å². The second-order valence-electron chi connectivity index (χ2n) is 4.54. The minimum Gasteiger partial charge on any atom is -0.508 e. The molecular weight excluding hydrogens is 250 g/mol. The van der Waals surface area contributed by atoms with Crippen LogP contribution in [-0.4, -0.2) is 11.1 Å². The normalized spacial score (nSPS) is 11.3. The van der Waals surface area contributed by atoms with Crippen LogP contribution in [-0.2, 0) is 13.0 Å². The van der Waals surface area contributed by atoms with Gasteiger partial charge in [-0.05, 0) is 41.8 Å². The summed E-state index contributed by atoms with van der Waals surface area (Å²) >= 11 is 0. The summed E-state index contributed by atoms with van der Waals surface area (Å²) in [6, 6.07) is 15.0. The summed E-state index contributed by atoms with van der Waals surface area (Å²) < 4.78 is 0. The zero-order valence-electron chi connectivity index (χ0n) is 11.5. The van der Waals surface area contributed by atoms with Crippen molar-refractivity contribution in [3.8, 4) is 5.75 Å². The Hall–Kier alpha value is -2.49. The van der Waals surface area contributed by atoms with Crippen molar-refractivity contribution in [3.63, 3.8) is 0 Å². The van der Waals surface area contributed by atoms with Gasteiger partial charge in [0.05, 0.1) is 6.54 Å². The number of phenols is 1. The molecule has 4 N–H and O–H groups in total. The van der Waals surface area contributed by atoms with Crippen LogP contribution in [0.2, 0.25) is 0 Å². The Morgan fingerprint density at radius 3 is 2.25 bits per heavy atom. The number of hydrogen-bond acceptors (Lipinski definition) is 2. The SMILES string of the molecule is CCc1ccc(NC(N)=NCc2ccc(O)cc2)cc1. The van der Waals surface area contributed by atoms with E-state index in [1.807, 2.05) is 24.3 Å². The number of aromatic hydroxyl groups is 1. The molecule has 0 bridgehead atoms. The van der Waals surface area contributed by atoms with E-state index >= 15 is 0 Å². The summed E-state index contributed by atoms with van der Waals surface area (Å²) in [4.78, 5) is 4.26. The number of hydrogen-bond donors (Lipinski definition) is 3. The lowest BCUT2D eigenvalue weighted by Gasteiger charge is -2.06. The first-order valence-corrected chi connectivity index (χ1v) is 6.61. The van der Waals surface area contributed by atoms with Crippen LogP contribution in [0.5, 0.6) is 5.75 Å². The van der Waals surface area contributed by atoms with Crippen LogP contribution in [0.4, 0.5) is 5.69 Å². The highest BCUT2D eigenvalue weighted by Gasteiger charge is 1.96. The zero-order chi connectivity index (χ0) is 14.4. The fourth-order valence-electron chi connectivity index (χ4n) is 1.79. The molecule has 2 aromatic rings. The van der Waals surface area contributed by atoms with E-state index in [4.69, 9.17) is 5.73 Å². The molecule has 0 atom stereocenters. The van der Waals surface area contributed by atoms with Crippen LogP contribution in [0.3, 0.4) is 0 Å². The first-order valence-electron chi connectivity index (χ1n) is 6.61. The molecule has 0 saturated heterocycles. The predicted octanol–water partition coefficient (Wildman–Crippen LogP) is 2.88. The maximum absolute atomic E-state index is 9.20. The quantitative estimate of drug-likeness (QED) is 0.590. The average Bonchev–Trinajstić information content (AvgIpc) is 2.47. The van der Waals surface area contributed by atoms with Gasteiger partial charge in [0.1, 0.15) is 5.75 Å². The van der Waals surface area contributed by atoms with Gasteiger partial charge in [-0.1, -0.05) is 31.2 Å². The van der Waals surface area contributed by atoms with Crippen molar-refractivity contribution in [1.29, 1.82) is 0 Å². The molecule has 4 nitrogen and oxygen atoms in total. The van der Waals surface area contributed by atoms with Crippen LogP contribution in [0, 0.1) is 0 Å². The lowest BCUT2D eigenvalue weighted by atomic mass is 10.1. The van der Waals surface area contributed by atoms with Crippen molar-refractivity contribution in [2.24, 2.45) is 10.7 Å². The molecule has 2 aromatic carbocycles. The third-order valence-corrected chi connectivity index (χ3v) is 3.00. The van der Waals surface area contributed by atoms with Gasteiger partial charge in [0.25, 0.3) is 0 Å². The van der Waals surface area contributed by atoms with Gasteiger partial charge in [0.2, 0.25) is 0 Å². The predicted molar refractivity (Wildman–Crippen MR) is 82.9 cm³/mol. The van der Waals surface area contributed by atoms with Gasteiger partial charge in [0, 0.05) is 5.69 Å². The Balaban J connectivity index is 1.94. The fourth-order valence-corrected chi connectivity index (χ4v) is 1.79. The number of guanidine groups is 1. The molecule has 0 aliphatic rings. The lowest BCUT2D eigenvalue weighted by molar-refractivity contribution is 0.475. The van der Waals surface area contributed by atoms with E-state index in [2.05, 4.69) is 29.4 Å². The number of anilines is 1. The Bertz CT molecular complexity index is 574. The van der Waals surface area contributed by atoms with Crippen LogP contribution in [0.1, 0.15) is 18.1 Å². The van der Waals surface area contributed by atoms with E-state index in [1.165, 1.54) is 5.56 Å². The van der Waals surface area contributed by atoms with Crippen LogP contribution in [0.15, 0.2) is 53.5 Å². The molecule has 0 aromatic heterocycles. The average molecular weight is 269 g/mol. The van der Waals surface area contributed by atoms with Crippen molar-refractivity contribution >= 4 is 11.6 Å². The summed E-state index contributed by atoms with van der Waals surface area (Å²) in [7, 11) is 0. The number of aryl methyl sites for hydroxylation is 1. The Kier molecular flexibility index (Phi) is 4.60. The van der Waals surface area contributed by atoms with Crippen molar-refractivity contribution in [1.82, 2.24) is 0 Å². The molecule has 104 valence electrons. The summed E-state index contributed by atoms with van der Waals surface area (Å²) in [6.07, 6.45) is 1.02. The van der Waals surface area contributed by atoms with Gasteiger partial charge in [-0.15, -0.1) is 0 Å². The first kappa shape index (κ1) is 13.9. The number of aliphatic imine (C=N–C) groups is 1. The maximum Gasteiger partial charge on any atom is 0.193 e. The topological polar surface area (TPSA) is 70.6 Å². The largest absolute Gasteiger partial charge is 0.508 e. The van der Waals surface area contributed by atoms with E-state index in [9.17, 15) is 5.11 Å². The monoisotopic (exact) mass is 269 g/mol. The number of benzene rings is 2. The summed E-state index contributed by atoms with van der Waals surface area (Å²) in [5, 5.41) is 12.3. The van der Waals surface area contributed by atoms with Gasteiger partial charge >= 0.3 is 0 Å². The van der Waals surface area contributed by atoms with Gasteiger partial charge in [-0.2, -0.15) is 0 Å². The summed E-state index contributed by atoms with van der Waals surface area (Å²) in [6.45, 7) is 2.60. The first-order chi connectivity index (χ1) is 9.67. The van der Waals surface area contributed by atoms with E-state index in [-0.39, 0.29) is 5.75 Å². The highest BCUT2D eigenvalue weighted by Crippen LogP contribution is 2.11. The molecule has 2 rings (SSSR count). The highest BCUT2D eigenvalue weighted by molar-refractivity contribution is 5.92. The fraction of sp³-hybridized carbons (Fsp3) is 0.188. The van der Waals surface area contributed by atoms with Crippen LogP contribution in [0.25, 0.3) is 0 Å². The van der Waals surface area contributed by atoms with Crippen molar-refractivity contribution in [2.45, 2.75) is 19.9 Å². The molecule has 0 saturated carbocycles. The minimum atomic E-state index is 0.250. The molecular formula is C16H19N3O. The molecule has 0 spiro atoms. The maximum atomic E-state index is 9.20. The second kappa shape index (κ2) is 6.61. The second-order valence-corrected chi connectivity index (χ2v) is 4.54. The van der Waals surface area contributed by atoms with Gasteiger partial charge < -0.3 is 16.2 Å².